The van der Waals surface area contributed by atoms with Crippen molar-refractivity contribution in [3.8, 4) is 0 Å². The molecule has 0 saturated carbocycles. The van der Waals surface area contributed by atoms with Gasteiger partial charge in [-0.3, -0.25) is 4.98 Å². The van der Waals surface area contributed by atoms with Crippen LogP contribution in [0.5, 0.6) is 0 Å². The van der Waals surface area contributed by atoms with Gasteiger partial charge in [0.25, 0.3) is 0 Å². The monoisotopic (exact) mass is 256 g/mol. The average Bonchev–Trinajstić information content (AvgIpc) is 2.90. The van der Waals surface area contributed by atoms with Crippen molar-refractivity contribution in [1.82, 2.24) is 4.98 Å². The minimum atomic E-state index is 0.743. The van der Waals surface area contributed by atoms with Crippen LogP contribution in [-0.4, -0.2) is 25.7 Å². The Morgan fingerprint density at radius 3 is 3.00 bits per heavy atom. The smallest absolute Gasteiger partial charge is 0.0759 e. The predicted octanol–water partition coefficient (Wildman–Crippen LogP) is 2.95. The van der Waals surface area contributed by atoms with Crippen LogP contribution in [0.2, 0.25) is 0 Å². The lowest BCUT2D eigenvalue weighted by atomic mass is 10.0. The quantitative estimate of drug-likeness (QED) is 0.913. The van der Waals surface area contributed by atoms with Crippen LogP contribution in [0.4, 0.5) is 5.69 Å². The van der Waals surface area contributed by atoms with Crippen molar-refractivity contribution >= 4 is 16.6 Å². The number of aryl methyl sites for hydroxylation is 1. The molecule has 1 aliphatic carbocycles. The Morgan fingerprint density at radius 2 is 2.21 bits per heavy atom. The third kappa shape index (κ3) is 2.08. The van der Waals surface area contributed by atoms with E-state index in [0.29, 0.717) is 0 Å². The summed E-state index contributed by atoms with van der Waals surface area (Å²) in [6.45, 7) is 0.743. The van der Waals surface area contributed by atoms with Crippen molar-refractivity contribution in [1.29, 1.82) is 0 Å². The highest BCUT2D eigenvalue weighted by atomic mass is 16.5. The van der Waals surface area contributed by atoms with Crippen molar-refractivity contribution in [3.63, 3.8) is 0 Å². The van der Waals surface area contributed by atoms with E-state index in [1.54, 1.807) is 7.11 Å². The maximum absolute atomic E-state index is 5.20. The molecule has 0 atom stereocenters. The zero-order chi connectivity index (χ0) is 13.2. The molecule has 0 amide bonds. The van der Waals surface area contributed by atoms with Crippen LogP contribution < -0.4 is 5.32 Å². The fourth-order valence-corrected chi connectivity index (χ4v) is 3.04. The lowest BCUT2D eigenvalue weighted by molar-refractivity contribution is 0.202. The molecule has 0 fully saturated rings. The zero-order valence-electron chi connectivity index (χ0n) is 11.6. The maximum atomic E-state index is 5.20. The minimum Gasteiger partial charge on any atom is -0.387 e. The third-order valence-corrected chi connectivity index (χ3v) is 3.95. The molecule has 2 aromatic rings. The Morgan fingerprint density at radius 1 is 1.32 bits per heavy atom. The summed E-state index contributed by atoms with van der Waals surface area (Å²) < 4.78 is 5.20. The van der Waals surface area contributed by atoms with E-state index in [-0.39, 0.29) is 0 Å². The Kier molecular flexibility index (Phi) is 3.38. The lowest BCUT2D eigenvalue weighted by Crippen LogP contribution is -2.02. The van der Waals surface area contributed by atoms with Crippen LogP contribution in [0.1, 0.15) is 23.2 Å². The maximum Gasteiger partial charge on any atom is 0.0759 e. The van der Waals surface area contributed by atoms with Gasteiger partial charge in [-0.25, -0.2) is 0 Å². The first-order valence-electron chi connectivity index (χ1n) is 6.95. The number of nitrogens with one attached hydrogen (secondary N) is 1. The van der Waals surface area contributed by atoms with Crippen LogP contribution in [0.25, 0.3) is 10.9 Å². The number of methoxy groups -OCH3 is 1. The molecule has 0 radical (unpaired) electrons. The molecule has 3 rings (SSSR count). The standard InChI is InChI=1S/C16H20N2O/c1-17-16-12-6-4-8-14(12)18-15-11(9-10-19-2)5-3-7-13(15)16/h3,5,7H,4,6,8-10H2,1-2H3,(H,17,18). The topological polar surface area (TPSA) is 34.2 Å². The van der Waals surface area contributed by atoms with Gasteiger partial charge >= 0.3 is 0 Å². The van der Waals surface area contributed by atoms with Gasteiger partial charge in [-0.05, 0) is 36.8 Å². The summed E-state index contributed by atoms with van der Waals surface area (Å²) in [5.74, 6) is 0. The fraction of sp³-hybridized carbons (Fsp3) is 0.438. The number of hydrogen-bond donors (Lipinski definition) is 1. The van der Waals surface area contributed by atoms with Crippen molar-refractivity contribution in [2.45, 2.75) is 25.7 Å². The molecule has 0 spiro atoms. The first-order valence-corrected chi connectivity index (χ1v) is 6.95. The van der Waals surface area contributed by atoms with Gasteiger partial charge in [-0.1, -0.05) is 18.2 Å². The molecule has 1 heterocycles. The highest BCUT2D eigenvalue weighted by molar-refractivity contribution is 5.95. The third-order valence-electron chi connectivity index (χ3n) is 3.95. The summed E-state index contributed by atoms with van der Waals surface area (Å²) in [6.07, 6.45) is 4.40. The molecule has 0 unspecified atom stereocenters. The van der Waals surface area contributed by atoms with E-state index >= 15 is 0 Å². The van der Waals surface area contributed by atoms with Crippen LogP contribution >= 0.6 is 0 Å². The number of ether oxygens (including phenoxy) is 1. The van der Waals surface area contributed by atoms with Gasteiger partial charge in [0.15, 0.2) is 0 Å². The Hall–Kier alpha value is -1.61. The molecule has 19 heavy (non-hydrogen) atoms. The van der Waals surface area contributed by atoms with Gasteiger partial charge in [-0.2, -0.15) is 0 Å². The Balaban J connectivity index is 2.21. The van der Waals surface area contributed by atoms with Crippen LogP contribution in [0, 0.1) is 0 Å². The molecular formula is C16H20N2O. The molecule has 100 valence electrons. The van der Waals surface area contributed by atoms with Gasteiger partial charge in [-0.15, -0.1) is 0 Å². The average molecular weight is 256 g/mol. The summed E-state index contributed by atoms with van der Waals surface area (Å²) in [6, 6.07) is 6.45. The van der Waals surface area contributed by atoms with Gasteiger partial charge in [0.1, 0.15) is 0 Å². The van der Waals surface area contributed by atoms with Gasteiger partial charge in [0.2, 0.25) is 0 Å². The van der Waals surface area contributed by atoms with E-state index in [0.717, 1.165) is 31.4 Å². The molecule has 0 bridgehead atoms. The van der Waals surface area contributed by atoms with Crippen LogP contribution in [-0.2, 0) is 24.0 Å². The summed E-state index contributed by atoms with van der Waals surface area (Å²) in [4.78, 5) is 4.92. The summed E-state index contributed by atoms with van der Waals surface area (Å²) in [5.41, 5.74) is 6.40. The molecule has 1 aliphatic rings. The number of para-hydroxylation sites is 1. The second-order valence-electron chi connectivity index (χ2n) is 5.07. The number of benzene rings is 1. The molecule has 0 saturated heterocycles. The normalized spacial score (nSPS) is 13.8. The number of fused-ring (bicyclic) bond motifs is 2. The van der Waals surface area contributed by atoms with Gasteiger partial charge in [0, 0.05) is 30.9 Å². The Bertz CT molecular complexity index is 607. The minimum absolute atomic E-state index is 0.743. The van der Waals surface area contributed by atoms with E-state index in [1.165, 1.54) is 34.3 Å². The summed E-state index contributed by atoms with van der Waals surface area (Å²) >= 11 is 0. The van der Waals surface area contributed by atoms with Crippen molar-refractivity contribution in [3.05, 3.63) is 35.0 Å². The van der Waals surface area contributed by atoms with E-state index in [9.17, 15) is 0 Å². The number of nitrogens with zero attached hydrogens (tertiary/aromatic N) is 1. The first kappa shape index (κ1) is 12.4. The second-order valence-corrected chi connectivity index (χ2v) is 5.07. The van der Waals surface area contributed by atoms with Gasteiger partial charge in [0.05, 0.1) is 12.1 Å². The second kappa shape index (κ2) is 5.17. The predicted molar refractivity (Wildman–Crippen MR) is 78.9 cm³/mol. The number of hydrogen-bond acceptors (Lipinski definition) is 3. The fourth-order valence-electron chi connectivity index (χ4n) is 3.04. The Labute approximate surface area is 114 Å². The number of aromatic nitrogens is 1. The molecule has 1 aromatic heterocycles. The number of rotatable bonds is 4. The molecule has 3 nitrogen and oxygen atoms in total. The molecular weight excluding hydrogens is 236 g/mol. The number of pyridine rings is 1. The van der Waals surface area contributed by atoms with Crippen molar-refractivity contribution in [2.24, 2.45) is 0 Å². The molecule has 0 aliphatic heterocycles. The first-order chi connectivity index (χ1) is 9.35. The zero-order valence-corrected chi connectivity index (χ0v) is 11.6. The van der Waals surface area contributed by atoms with E-state index in [1.807, 2.05) is 7.05 Å². The van der Waals surface area contributed by atoms with Gasteiger partial charge < -0.3 is 10.1 Å². The number of anilines is 1. The molecule has 1 aromatic carbocycles. The van der Waals surface area contributed by atoms with E-state index in [2.05, 4.69) is 23.5 Å². The molecule has 1 N–H and O–H groups in total. The van der Waals surface area contributed by atoms with Crippen molar-refractivity contribution in [2.75, 3.05) is 26.1 Å². The molecule has 3 heteroatoms. The van der Waals surface area contributed by atoms with Crippen LogP contribution in [0.3, 0.4) is 0 Å². The highest BCUT2D eigenvalue weighted by Crippen LogP contribution is 2.34. The van der Waals surface area contributed by atoms with E-state index in [4.69, 9.17) is 9.72 Å². The summed E-state index contributed by atoms with van der Waals surface area (Å²) in [7, 11) is 3.75. The van der Waals surface area contributed by atoms with Crippen LogP contribution in [0.15, 0.2) is 18.2 Å². The summed E-state index contributed by atoms with van der Waals surface area (Å²) in [5, 5.41) is 4.63. The van der Waals surface area contributed by atoms with E-state index < -0.39 is 0 Å². The lowest BCUT2D eigenvalue weighted by Gasteiger charge is -2.14. The highest BCUT2D eigenvalue weighted by Gasteiger charge is 2.19. The van der Waals surface area contributed by atoms with Crippen molar-refractivity contribution < 1.29 is 4.74 Å². The largest absolute Gasteiger partial charge is 0.387 e. The SMILES string of the molecule is CNc1c2c(nc3c(CCOC)cccc13)CCC2.